The second kappa shape index (κ2) is 7.80. The molecule has 1 aliphatic heterocycles. The fourth-order valence-corrected chi connectivity index (χ4v) is 3.21. The molecule has 0 amide bonds. The number of ether oxygens (including phenoxy) is 3. The lowest BCUT2D eigenvalue weighted by Gasteiger charge is -2.19. The molecular weight excluding hydrogens is 424 g/mol. The van der Waals surface area contributed by atoms with Gasteiger partial charge < -0.3 is 14.2 Å². The number of hydrogen-bond donors (Lipinski definition) is 0. The maximum absolute atomic E-state index is 12.7. The van der Waals surface area contributed by atoms with Crippen molar-refractivity contribution in [2.45, 2.75) is 33.3 Å². The zero-order valence-electron chi connectivity index (χ0n) is 16.2. The first-order chi connectivity index (χ1) is 13.1. The van der Waals surface area contributed by atoms with E-state index in [0.29, 0.717) is 17.1 Å². The van der Waals surface area contributed by atoms with Crippen LogP contribution < -0.4 is 9.47 Å². The van der Waals surface area contributed by atoms with Gasteiger partial charge in [-0.15, -0.1) is 0 Å². The molecule has 0 saturated heterocycles. The number of Topliss-reactive ketones (excluding diaryl/α,β-unsaturated/α-hetero) is 1. The van der Waals surface area contributed by atoms with Gasteiger partial charge in [0.2, 0.25) is 5.78 Å². The van der Waals surface area contributed by atoms with Gasteiger partial charge in [0.15, 0.2) is 12.4 Å². The number of fused-ring (bicyclic) bond motifs is 1. The maximum Gasteiger partial charge on any atom is 0.344 e. The third kappa shape index (κ3) is 4.62. The number of benzene rings is 2. The number of esters is 1. The molecule has 5 nitrogen and oxygen atoms in total. The smallest absolute Gasteiger partial charge is 0.344 e. The molecule has 2 aromatic carbocycles. The second-order valence-electron chi connectivity index (χ2n) is 7.45. The summed E-state index contributed by atoms with van der Waals surface area (Å²) < 4.78 is 17.4. The molecule has 2 aromatic rings. The Kier molecular flexibility index (Phi) is 5.61. The number of halogens is 1. The summed E-state index contributed by atoms with van der Waals surface area (Å²) >= 11 is 3.46. The largest absolute Gasteiger partial charge is 0.482 e. The Morgan fingerprint density at radius 2 is 1.93 bits per heavy atom. The van der Waals surface area contributed by atoms with E-state index in [1.54, 1.807) is 39.0 Å². The van der Waals surface area contributed by atoms with E-state index < -0.39 is 11.6 Å². The number of ketones is 1. The molecule has 146 valence electrons. The number of rotatable bonds is 4. The van der Waals surface area contributed by atoms with Crippen LogP contribution in [0, 0.1) is 6.92 Å². The number of hydrogen-bond acceptors (Lipinski definition) is 5. The Hall–Kier alpha value is -2.60. The van der Waals surface area contributed by atoms with Crippen LogP contribution in [0.5, 0.6) is 11.5 Å². The first-order valence-electron chi connectivity index (χ1n) is 8.82. The average Bonchev–Trinajstić information content (AvgIpc) is 2.90. The fourth-order valence-electron chi connectivity index (χ4n) is 2.81. The van der Waals surface area contributed by atoms with Gasteiger partial charge in [-0.2, -0.15) is 0 Å². The van der Waals surface area contributed by atoms with Crippen LogP contribution in [-0.2, 0) is 9.53 Å². The van der Waals surface area contributed by atoms with Gasteiger partial charge in [-0.1, -0.05) is 34.1 Å². The molecule has 28 heavy (non-hydrogen) atoms. The highest BCUT2D eigenvalue weighted by atomic mass is 79.9. The van der Waals surface area contributed by atoms with Crippen LogP contribution in [-0.4, -0.2) is 24.0 Å². The van der Waals surface area contributed by atoms with Crippen molar-refractivity contribution >= 4 is 33.8 Å². The Morgan fingerprint density at radius 3 is 2.61 bits per heavy atom. The quantitative estimate of drug-likeness (QED) is 0.485. The molecule has 0 N–H and O–H groups in total. The van der Waals surface area contributed by atoms with Gasteiger partial charge in [-0.05, 0) is 57.0 Å². The van der Waals surface area contributed by atoms with Crippen molar-refractivity contribution in [1.29, 1.82) is 0 Å². The van der Waals surface area contributed by atoms with Gasteiger partial charge in [0, 0.05) is 10.5 Å². The molecule has 0 atom stereocenters. The van der Waals surface area contributed by atoms with E-state index in [2.05, 4.69) is 15.9 Å². The highest BCUT2D eigenvalue weighted by Crippen LogP contribution is 2.38. The Bertz CT molecular complexity index is 969. The van der Waals surface area contributed by atoms with Crippen molar-refractivity contribution in [3.63, 3.8) is 0 Å². The zero-order chi connectivity index (χ0) is 20.5. The standard InChI is InChI=1S/C22H21BrO5/c1-13-9-15(26-12-19(24)28-22(2,3)4)11-17-20(13)21(25)18(27-17)10-14-7-5-6-8-16(14)23/h5-11H,12H2,1-4H3/b18-10-. The SMILES string of the molecule is Cc1cc(OCC(=O)OC(C)(C)C)cc2c1C(=O)/C(=C/c1ccccc1Br)O2. The summed E-state index contributed by atoms with van der Waals surface area (Å²) in [6.45, 7) is 6.97. The molecule has 0 radical (unpaired) electrons. The number of allylic oxidation sites excluding steroid dienone is 1. The van der Waals surface area contributed by atoms with Crippen LogP contribution >= 0.6 is 15.9 Å². The van der Waals surface area contributed by atoms with Crippen molar-refractivity contribution < 1.29 is 23.8 Å². The third-order valence-corrected chi connectivity index (χ3v) is 4.63. The van der Waals surface area contributed by atoms with Gasteiger partial charge in [-0.3, -0.25) is 4.79 Å². The Labute approximate surface area is 172 Å². The second-order valence-corrected chi connectivity index (χ2v) is 8.30. The van der Waals surface area contributed by atoms with E-state index in [4.69, 9.17) is 14.2 Å². The average molecular weight is 445 g/mol. The summed E-state index contributed by atoms with van der Waals surface area (Å²) in [6, 6.07) is 10.9. The van der Waals surface area contributed by atoms with Crippen LogP contribution in [0.25, 0.3) is 6.08 Å². The monoisotopic (exact) mass is 444 g/mol. The van der Waals surface area contributed by atoms with Gasteiger partial charge in [-0.25, -0.2) is 4.79 Å². The van der Waals surface area contributed by atoms with Crippen molar-refractivity contribution in [3.8, 4) is 11.5 Å². The van der Waals surface area contributed by atoms with Crippen LogP contribution in [0.4, 0.5) is 0 Å². The maximum atomic E-state index is 12.7. The minimum Gasteiger partial charge on any atom is -0.482 e. The number of aryl methyl sites for hydroxylation is 1. The molecule has 0 saturated carbocycles. The summed E-state index contributed by atoms with van der Waals surface area (Å²) in [5.74, 6) is 0.466. The molecule has 0 aromatic heterocycles. The van der Waals surface area contributed by atoms with Crippen molar-refractivity contribution in [2.75, 3.05) is 6.61 Å². The molecule has 6 heteroatoms. The summed E-state index contributed by atoms with van der Waals surface area (Å²) in [4.78, 5) is 24.6. The molecule has 0 aliphatic carbocycles. The highest BCUT2D eigenvalue weighted by Gasteiger charge is 2.30. The minimum absolute atomic E-state index is 0.179. The normalized spacial score (nSPS) is 14.6. The van der Waals surface area contributed by atoms with E-state index in [9.17, 15) is 9.59 Å². The van der Waals surface area contributed by atoms with Crippen molar-refractivity contribution in [3.05, 3.63) is 63.3 Å². The lowest BCUT2D eigenvalue weighted by atomic mass is 10.0. The van der Waals surface area contributed by atoms with Gasteiger partial charge in [0.05, 0.1) is 5.56 Å². The van der Waals surface area contributed by atoms with Gasteiger partial charge in [0.1, 0.15) is 17.1 Å². The van der Waals surface area contributed by atoms with Crippen LogP contribution in [0.1, 0.15) is 42.3 Å². The molecule has 0 fully saturated rings. The zero-order valence-corrected chi connectivity index (χ0v) is 17.8. The molecule has 0 spiro atoms. The molecule has 1 heterocycles. The lowest BCUT2D eigenvalue weighted by molar-refractivity contribution is -0.157. The summed E-state index contributed by atoms with van der Waals surface area (Å²) in [6.07, 6.45) is 1.70. The van der Waals surface area contributed by atoms with E-state index in [1.165, 1.54) is 0 Å². The molecule has 3 rings (SSSR count). The Morgan fingerprint density at radius 1 is 1.21 bits per heavy atom. The molecule has 1 aliphatic rings. The fraction of sp³-hybridized carbons (Fsp3) is 0.273. The van der Waals surface area contributed by atoms with Crippen molar-refractivity contribution in [2.24, 2.45) is 0 Å². The predicted molar refractivity (Wildman–Crippen MR) is 110 cm³/mol. The summed E-state index contributed by atoms with van der Waals surface area (Å²) in [7, 11) is 0. The van der Waals surface area contributed by atoms with Crippen LogP contribution in [0.3, 0.4) is 0 Å². The van der Waals surface area contributed by atoms with Crippen LogP contribution in [0.15, 0.2) is 46.6 Å². The lowest BCUT2D eigenvalue weighted by Crippen LogP contribution is -2.27. The van der Waals surface area contributed by atoms with Crippen molar-refractivity contribution in [1.82, 2.24) is 0 Å². The molecule has 0 bridgehead atoms. The number of carbonyl (C=O) groups is 2. The van der Waals surface area contributed by atoms with E-state index in [0.717, 1.165) is 15.6 Å². The summed E-state index contributed by atoms with van der Waals surface area (Å²) in [5.41, 5.74) is 1.49. The number of carbonyl (C=O) groups excluding carboxylic acids is 2. The summed E-state index contributed by atoms with van der Waals surface area (Å²) in [5, 5.41) is 0. The first kappa shape index (κ1) is 20.1. The Balaban J connectivity index is 1.79. The third-order valence-electron chi connectivity index (χ3n) is 3.91. The predicted octanol–water partition coefficient (Wildman–Crippen LogP) is 5.09. The minimum atomic E-state index is -0.574. The topological polar surface area (TPSA) is 61.8 Å². The van der Waals surface area contributed by atoms with E-state index >= 15 is 0 Å². The van der Waals surface area contributed by atoms with E-state index in [1.807, 2.05) is 31.2 Å². The van der Waals surface area contributed by atoms with E-state index in [-0.39, 0.29) is 18.1 Å². The molecular formula is C22H21BrO5. The van der Waals surface area contributed by atoms with Gasteiger partial charge >= 0.3 is 5.97 Å². The van der Waals surface area contributed by atoms with Gasteiger partial charge in [0.25, 0.3) is 0 Å². The molecule has 0 unspecified atom stereocenters. The van der Waals surface area contributed by atoms with Crippen LogP contribution in [0.2, 0.25) is 0 Å². The first-order valence-corrected chi connectivity index (χ1v) is 9.61. The highest BCUT2D eigenvalue weighted by molar-refractivity contribution is 9.10.